The molecule has 0 atom stereocenters. The second-order valence-corrected chi connectivity index (χ2v) is 7.12. The van der Waals surface area contributed by atoms with Gasteiger partial charge in [0, 0.05) is 17.1 Å². The van der Waals surface area contributed by atoms with Crippen LogP contribution in [0, 0.1) is 0 Å². The molecule has 2 aromatic carbocycles. The number of thioether (sulfide) groups is 1. The number of aliphatic imine (C=N–C) groups is 1. The van der Waals surface area contributed by atoms with Gasteiger partial charge in [-0.1, -0.05) is 48.5 Å². The molecule has 0 saturated carbocycles. The molecule has 6 heteroatoms. The Morgan fingerprint density at radius 1 is 1.26 bits per heavy atom. The fourth-order valence-corrected chi connectivity index (χ4v) is 3.79. The van der Waals surface area contributed by atoms with Crippen LogP contribution in [0.15, 0.2) is 71.1 Å². The summed E-state index contributed by atoms with van der Waals surface area (Å²) in [5.74, 6) is 0.642. The van der Waals surface area contributed by atoms with Crippen LogP contribution in [0.25, 0.3) is 6.08 Å². The van der Waals surface area contributed by atoms with Gasteiger partial charge in [0.05, 0.1) is 10.6 Å². The minimum atomic E-state index is -0.0678. The van der Waals surface area contributed by atoms with E-state index >= 15 is 0 Å². The zero-order valence-corrected chi connectivity index (χ0v) is 16.5. The molecule has 1 heterocycles. The monoisotopic (exact) mass is 398 g/mol. The number of benzene rings is 2. The Morgan fingerprint density at radius 2 is 2.07 bits per heavy atom. The van der Waals surface area contributed by atoms with Crippen LogP contribution in [0.3, 0.4) is 0 Å². The molecule has 0 N–H and O–H groups in total. The molecule has 27 heavy (non-hydrogen) atoms. The molecule has 0 spiro atoms. The Balaban J connectivity index is 1.93. The molecular weight excluding hydrogens is 380 g/mol. The first-order chi connectivity index (χ1) is 13.1. The van der Waals surface area contributed by atoms with Gasteiger partial charge in [-0.2, -0.15) is 0 Å². The lowest BCUT2D eigenvalue weighted by Gasteiger charge is -2.12. The zero-order chi connectivity index (χ0) is 19.2. The van der Waals surface area contributed by atoms with Crippen molar-refractivity contribution in [3.63, 3.8) is 0 Å². The summed E-state index contributed by atoms with van der Waals surface area (Å²) in [6, 6.07) is 14.9. The number of carbonyl (C=O) groups is 1. The van der Waals surface area contributed by atoms with Crippen LogP contribution in [-0.4, -0.2) is 29.1 Å². The minimum absolute atomic E-state index is 0.0678. The number of rotatable bonds is 6. The SMILES string of the molecule is C=CCOc1ccccc1/C=C1/SC(=Nc2cccc(Cl)c2)N(CC)C1=O. The van der Waals surface area contributed by atoms with Crippen molar-refractivity contribution in [1.29, 1.82) is 0 Å². The average molecular weight is 399 g/mol. The molecule has 4 nitrogen and oxygen atoms in total. The van der Waals surface area contributed by atoms with Crippen molar-refractivity contribution in [2.75, 3.05) is 13.2 Å². The Bertz CT molecular complexity index is 924. The highest BCUT2D eigenvalue weighted by Gasteiger charge is 2.32. The van der Waals surface area contributed by atoms with Crippen molar-refractivity contribution in [1.82, 2.24) is 4.90 Å². The number of halogens is 1. The molecule has 0 bridgehead atoms. The maximum Gasteiger partial charge on any atom is 0.266 e. The highest BCUT2D eigenvalue weighted by molar-refractivity contribution is 8.18. The van der Waals surface area contributed by atoms with E-state index in [9.17, 15) is 4.79 Å². The van der Waals surface area contributed by atoms with Gasteiger partial charge in [0.15, 0.2) is 5.17 Å². The van der Waals surface area contributed by atoms with Gasteiger partial charge in [0.1, 0.15) is 12.4 Å². The maximum absolute atomic E-state index is 12.8. The number of amidine groups is 1. The van der Waals surface area contributed by atoms with Gasteiger partial charge >= 0.3 is 0 Å². The molecule has 1 aliphatic heterocycles. The van der Waals surface area contributed by atoms with Crippen molar-refractivity contribution >= 4 is 46.2 Å². The summed E-state index contributed by atoms with van der Waals surface area (Å²) in [7, 11) is 0. The fraction of sp³-hybridized carbons (Fsp3) is 0.143. The molecule has 0 aromatic heterocycles. The smallest absolute Gasteiger partial charge is 0.266 e. The normalized spacial score (nSPS) is 17.0. The molecular formula is C21H19ClN2O2S. The second kappa shape index (κ2) is 8.93. The Morgan fingerprint density at radius 3 is 2.81 bits per heavy atom. The number of likely N-dealkylation sites (N-methyl/N-ethyl adjacent to an activating group) is 1. The number of para-hydroxylation sites is 1. The van der Waals surface area contributed by atoms with Crippen LogP contribution in [-0.2, 0) is 4.79 Å². The van der Waals surface area contributed by atoms with Gasteiger partial charge in [-0.15, -0.1) is 0 Å². The summed E-state index contributed by atoms with van der Waals surface area (Å²) < 4.78 is 5.68. The quantitative estimate of drug-likeness (QED) is 0.474. The van der Waals surface area contributed by atoms with Crippen LogP contribution < -0.4 is 4.74 Å². The molecule has 0 aliphatic carbocycles. The Hall–Kier alpha value is -2.50. The van der Waals surface area contributed by atoms with Gasteiger partial charge in [-0.25, -0.2) is 4.99 Å². The largest absolute Gasteiger partial charge is 0.489 e. The van der Waals surface area contributed by atoms with Crippen molar-refractivity contribution < 1.29 is 9.53 Å². The van der Waals surface area contributed by atoms with Crippen molar-refractivity contribution in [2.45, 2.75) is 6.92 Å². The van der Waals surface area contributed by atoms with Crippen LogP contribution in [0.1, 0.15) is 12.5 Å². The van der Waals surface area contributed by atoms with E-state index in [2.05, 4.69) is 11.6 Å². The molecule has 1 aliphatic rings. The first-order valence-corrected chi connectivity index (χ1v) is 9.70. The predicted octanol–water partition coefficient (Wildman–Crippen LogP) is 5.53. The molecule has 1 fully saturated rings. The number of ether oxygens (including phenoxy) is 1. The van der Waals surface area contributed by atoms with Crippen LogP contribution in [0.4, 0.5) is 5.69 Å². The van der Waals surface area contributed by atoms with Crippen molar-refractivity contribution in [2.24, 2.45) is 4.99 Å². The third kappa shape index (κ3) is 4.62. The minimum Gasteiger partial charge on any atom is -0.489 e. The lowest BCUT2D eigenvalue weighted by atomic mass is 10.2. The standard InChI is InChI=1S/C21H19ClN2O2S/c1-3-12-26-18-11-6-5-8-15(18)13-19-20(25)24(4-2)21(27-19)23-17-10-7-9-16(22)14-17/h3,5-11,13-14H,1,4,12H2,2H3/b19-13+,23-21?. The van der Waals surface area contributed by atoms with Crippen LogP contribution in [0.2, 0.25) is 5.02 Å². The van der Waals surface area contributed by atoms with E-state index in [0.29, 0.717) is 39.7 Å². The third-order valence-corrected chi connectivity index (χ3v) is 5.04. The van der Waals surface area contributed by atoms with Gasteiger partial charge in [-0.3, -0.25) is 9.69 Å². The summed E-state index contributed by atoms with van der Waals surface area (Å²) in [4.78, 5) is 19.7. The zero-order valence-electron chi connectivity index (χ0n) is 14.9. The predicted molar refractivity (Wildman–Crippen MR) is 114 cm³/mol. The Kier molecular flexibility index (Phi) is 6.37. The summed E-state index contributed by atoms with van der Waals surface area (Å²) in [5, 5.41) is 1.25. The average Bonchev–Trinajstić information content (AvgIpc) is 2.95. The summed E-state index contributed by atoms with van der Waals surface area (Å²) in [6.45, 7) is 6.54. The van der Waals surface area contributed by atoms with Gasteiger partial charge < -0.3 is 4.74 Å². The van der Waals surface area contributed by atoms with Crippen LogP contribution >= 0.6 is 23.4 Å². The molecule has 2 aromatic rings. The number of amides is 1. The number of nitrogens with zero attached hydrogens (tertiary/aromatic N) is 2. The lowest BCUT2D eigenvalue weighted by Crippen LogP contribution is -2.28. The fourth-order valence-electron chi connectivity index (χ4n) is 2.55. The van der Waals surface area contributed by atoms with E-state index in [1.807, 2.05) is 49.4 Å². The molecule has 0 unspecified atom stereocenters. The lowest BCUT2D eigenvalue weighted by molar-refractivity contribution is -0.122. The molecule has 1 amide bonds. The van der Waals surface area contributed by atoms with E-state index < -0.39 is 0 Å². The number of hydrogen-bond acceptors (Lipinski definition) is 4. The molecule has 1 saturated heterocycles. The molecule has 3 rings (SSSR count). The topological polar surface area (TPSA) is 41.9 Å². The van der Waals surface area contributed by atoms with Crippen LogP contribution in [0.5, 0.6) is 5.75 Å². The summed E-state index contributed by atoms with van der Waals surface area (Å²) in [6.07, 6.45) is 3.53. The van der Waals surface area contributed by atoms with Crippen molar-refractivity contribution in [3.8, 4) is 5.75 Å². The van der Waals surface area contributed by atoms with Crippen molar-refractivity contribution in [3.05, 3.63) is 76.7 Å². The molecule has 138 valence electrons. The second-order valence-electron chi connectivity index (χ2n) is 5.67. The highest BCUT2D eigenvalue weighted by Crippen LogP contribution is 2.35. The molecule has 0 radical (unpaired) electrons. The maximum atomic E-state index is 12.8. The van der Waals surface area contributed by atoms with Gasteiger partial charge in [0.25, 0.3) is 5.91 Å². The van der Waals surface area contributed by atoms with E-state index in [-0.39, 0.29) is 5.91 Å². The number of hydrogen-bond donors (Lipinski definition) is 0. The van der Waals surface area contributed by atoms with E-state index in [4.69, 9.17) is 16.3 Å². The highest BCUT2D eigenvalue weighted by atomic mass is 35.5. The van der Waals surface area contributed by atoms with E-state index in [1.54, 1.807) is 23.1 Å². The van der Waals surface area contributed by atoms with Gasteiger partial charge in [-0.05, 0) is 49.0 Å². The van der Waals surface area contributed by atoms with E-state index in [0.717, 1.165) is 5.56 Å². The van der Waals surface area contributed by atoms with Gasteiger partial charge in [0.2, 0.25) is 0 Å². The third-order valence-electron chi connectivity index (χ3n) is 3.80. The summed E-state index contributed by atoms with van der Waals surface area (Å²) >= 11 is 7.38. The number of carbonyl (C=O) groups excluding carboxylic acids is 1. The Labute approximate surface area is 168 Å². The first-order valence-electron chi connectivity index (χ1n) is 8.50. The first kappa shape index (κ1) is 19.3. The van der Waals surface area contributed by atoms with E-state index in [1.165, 1.54) is 11.8 Å². The summed E-state index contributed by atoms with van der Waals surface area (Å²) in [5.41, 5.74) is 1.56.